The van der Waals surface area contributed by atoms with Gasteiger partial charge in [0.1, 0.15) is 11.5 Å². The van der Waals surface area contributed by atoms with Crippen LogP contribution < -0.4 is 10.2 Å². The highest BCUT2D eigenvalue weighted by atomic mass is 16.2. The molecule has 1 unspecified atom stereocenters. The Balaban J connectivity index is 1.50. The summed E-state index contributed by atoms with van der Waals surface area (Å²) in [5, 5.41) is 3.52. The van der Waals surface area contributed by atoms with Crippen LogP contribution in [-0.2, 0) is 22.4 Å². The van der Waals surface area contributed by atoms with Crippen molar-refractivity contribution >= 4 is 35.2 Å². The minimum absolute atomic E-state index is 0.0390. The number of fused-ring (bicyclic) bond motifs is 1. The number of hydrogen-bond donors (Lipinski definition) is 1. The van der Waals surface area contributed by atoms with E-state index in [0.29, 0.717) is 25.8 Å². The number of carbonyl (C=O) groups excluding carboxylic acids is 2. The Bertz CT molecular complexity index is 1080. The van der Waals surface area contributed by atoms with Crippen LogP contribution in [0.15, 0.2) is 41.9 Å². The molecular formula is C25H30N6O2. The normalized spacial score (nSPS) is 16.9. The Morgan fingerprint density at radius 3 is 2.79 bits per heavy atom. The molecule has 1 N–H and O–H groups in total. The third-order valence-electron chi connectivity index (χ3n) is 6.12. The molecule has 3 heterocycles. The Labute approximate surface area is 194 Å². The SMILES string of the molecule is C=CC(=O)N1CCCC(Nc2nc(Cc3ccc(N(C)C(=O)CC)cc3)nc3c2N=CC3)C1. The zero-order chi connectivity index (χ0) is 23.4. The molecule has 2 aliphatic heterocycles. The molecular weight excluding hydrogens is 416 g/mol. The van der Waals surface area contributed by atoms with E-state index in [9.17, 15) is 9.59 Å². The average molecular weight is 447 g/mol. The van der Waals surface area contributed by atoms with Gasteiger partial charge in [0.05, 0.1) is 5.69 Å². The molecule has 8 nitrogen and oxygen atoms in total. The lowest BCUT2D eigenvalue weighted by molar-refractivity contribution is -0.127. The summed E-state index contributed by atoms with van der Waals surface area (Å²) < 4.78 is 0. The largest absolute Gasteiger partial charge is 0.364 e. The number of hydrogen-bond acceptors (Lipinski definition) is 6. The molecule has 2 aromatic rings. The lowest BCUT2D eigenvalue weighted by Gasteiger charge is -2.33. The number of aromatic nitrogens is 2. The molecule has 2 amide bonds. The fourth-order valence-corrected chi connectivity index (χ4v) is 4.25. The first-order chi connectivity index (χ1) is 16.0. The summed E-state index contributed by atoms with van der Waals surface area (Å²) in [6.45, 7) is 6.83. The van der Waals surface area contributed by atoms with Crippen molar-refractivity contribution in [3.8, 4) is 0 Å². The zero-order valence-electron chi connectivity index (χ0n) is 19.3. The molecule has 1 fully saturated rings. The van der Waals surface area contributed by atoms with Gasteiger partial charge in [0, 0.05) is 57.3 Å². The summed E-state index contributed by atoms with van der Waals surface area (Å²) >= 11 is 0. The highest BCUT2D eigenvalue weighted by molar-refractivity contribution is 5.92. The van der Waals surface area contributed by atoms with Gasteiger partial charge in [-0.2, -0.15) is 0 Å². The molecule has 4 rings (SSSR count). The van der Waals surface area contributed by atoms with Crippen LogP contribution in [0.25, 0.3) is 0 Å². The van der Waals surface area contributed by atoms with E-state index in [-0.39, 0.29) is 17.9 Å². The van der Waals surface area contributed by atoms with Crippen molar-refractivity contribution in [2.75, 3.05) is 30.4 Å². The number of likely N-dealkylation sites (tertiary alicyclic amines) is 1. The molecule has 2 aliphatic rings. The van der Waals surface area contributed by atoms with E-state index in [4.69, 9.17) is 9.97 Å². The lowest BCUT2D eigenvalue weighted by atomic mass is 10.1. The Kier molecular flexibility index (Phi) is 6.82. The number of rotatable bonds is 7. The van der Waals surface area contributed by atoms with Gasteiger partial charge in [-0.05, 0) is 36.6 Å². The van der Waals surface area contributed by atoms with Crippen LogP contribution in [-0.4, -0.2) is 59.1 Å². The molecule has 1 atom stereocenters. The van der Waals surface area contributed by atoms with Crippen LogP contribution in [0.1, 0.15) is 43.3 Å². The van der Waals surface area contributed by atoms with E-state index in [1.54, 1.807) is 11.9 Å². The molecule has 1 saturated heterocycles. The predicted molar refractivity (Wildman–Crippen MR) is 130 cm³/mol. The van der Waals surface area contributed by atoms with E-state index in [1.165, 1.54) is 6.08 Å². The van der Waals surface area contributed by atoms with E-state index in [0.717, 1.165) is 53.7 Å². The summed E-state index contributed by atoms with van der Waals surface area (Å²) in [4.78, 5) is 41.5. The fraction of sp³-hybridized carbons (Fsp3) is 0.400. The fourth-order valence-electron chi connectivity index (χ4n) is 4.25. The topological polar surface area (TPSA) is 90.8 Å². The van der Waals surface area contributed by atoms with Crippen LogP contribution in [0.4, 0.5) is 17.2 Å². The number of carbonyl (C=O) groups is 2. The number of piperidine rings is 1. The summed E-state index contributed by atoms with van der Waals surface area (Å²) in [7, 11) is 1.79. The van der Waals surface area contributed by atoms with Crippen LogP contribution in [0.5, 0.6) is 0 Å². The third-order valence-corrected chi connectivity index (χ3v) is 6.12. The van der Waals surface area contributed by atoms with Crippen LogP contribution in [0, 0.1) is 0 Å². The average Bonchev–Trinajstić information content (AvgIpc) is 3.32. The summed E-state index contributed by atoms with van der Waals surface area (Å²) in [6.07, 6.45) is 6.87. The van der Waals surface area contributed by atoms with Crippen molar-refractivity contribution in [1.29, 1.82) is 0 Å². The van der Waals surface area contributed by atoms with Gasteiger partial charge in [-0.1, -0.05) is 25.6 Å². The maximum Gasteiger partial charge on any atom is 0.246 e. The minimum Gasteiger partial charge on any atom is -0.364 e. The van der Waals surface area contributed by atoms with Crippen molar-refractivity contribution in [2.45, 2.75) is 45.1 Å². The molecule has 33 heavy (non-hydrogen) atoms. The molecule has 0 bridgehead atoms. The summed E-state index contributed by atoms with van der Waals surface area (Å²) in [6, 6.07) is 8.03. The van der Waals surface area contributed by atoms with Gasteiger partial charge in [-0.15, -0.1) is 0 Å². The maximum absolute atomic E-state index is 12.0. The highest BCUT2D eigenvalue weighted by Crippen LogP contribution is 2.32. The second-order valence-electron chi connectivity index (χ2n) is 8.42. The van der Waals surface area contributed by atoms with Crippen molar-refractivity contribution in [2.24, 2.45) is 4.99 Å². The minimum atomic E-state index is -0.0390. The molecule has 172 valence electrons. The lowest BCUT2D eigenvalue weighted by Crippen LogP contribution is -2.44. The summed E-state index contributed by atoms with van der Waals surface area (Å²) in [5.74, 6) is 1.49. The molecule has 0 aliphatic carbocycles. The Morgan fingerprint density at radius 1 is 1.27 bits per heavy atom. The van der Waals surface area contributed by atoms with Crippen molar-refractivity contribution in [1.82, 2.24) is 14.9 Å². The molecule has 1 aromatic carbocycles. The van der Waals surface area contributed by atoms with Gasteiger partial charge in [0.15, 0.2) is 5.82 Å². The first-order valence-corrected chi connectivity index (χ1v) is 11.4. The van der Waals surface area contributed by atoms with Gasteiger partial charge < -0.3 is 15.1 Å². The second-order valence-corrected chi connectivity index (χ2v) is 8.42. The third kappa shape index (κ3) is 5.10. The number of nitrogens with zero attached hydrogens (tertiary/aromatic N) is 5. The molecule has 0 radical (unpaired) electrons. The quantitative estimate of drug-likeness (QED) is 0.659. The second kappa shape index (κ2) is 9.94. The van der Waals surface area contributed by atoms with Gasteiger partial charge >= 0.3 is 0 Å². The standard InChI is InChI=1S/C25H30N6O2/c1-4-22(32)30(3)19-10-8-17(9-11-19)15-21-28-20-12-13-26-24(20)25(29-21)27-18-7-6-14-31(16-18)23(33)5-2/h5,8-11,13,18H,2,4,6-7,12,14-16H2,1,3H3,(H,27,28,29). The summed E-state index contributed by atoms with van der Waals surface area (Å²) in [5.41, 5.74) is 3.65. The molecule has 0 saturated carbocycles. The Hall–Kier alpha value is -3.55. The van der Waals surface area contributed by atoms with Gasteiger partial charge in [0.25, 0.3) is 0 Å². The van der Waals surface area contributed by atoms with Gasteiger partial charge in [0.2, 0.25) is 11.8 Å². The maximum atomic E-state index is 12.0. The molecule has 1 aromatic heterocycles. The highest BCUT2D eigenvalue weighted by Gasteiger charge is 2.25. The first kappa shape index (κ1) is 22.6. The van der Waals surface area contributed by atoms with Crippen LogP contribution in [0.2, 0.25) is 0 Å². The number of anilines is 2. The van der Waals surface area contributed by atoms with Crippen molar-refractivity contribution < 1.29 is 9.59 Å². The van der Waals surface area contributed by atoms with Crippen LogP contribution >= 0.6 is 0 Å². The number of nitrogens with one attached hydrogen (secondary N) is 1. The van der Waals surface area contributed by atoms with E-state index >= 15 is 0 Å². The smallest absolute Gasteiger partial charge is 0.246 e. The van der Waals surface area contributed by atoms with E-state index in [1.807, 2.05) is 42.3 Å². The molecule has 0 spiro atoms. The molecule has 8 heteroatoms. The zero-order valence-corrected chi connectivity index (χ0v) is 19.3. The van der Waals surface area contributed by atoms with E-state index < -0.39 is 0 Å². The number of aliphatic imine (C=N–C) groups is 1. The number of amides is 2. The number of benzene rings is 1. The predicted octanol–water partition coefficient (Wildman–Crippen LogP) is 3.29. The Morgan fingerprint density at radius 2 is 2.06 bits per heavy atom. The van der Waals surface area contributed by atoms with E-state index in [2.05, 4.69) is 16.9 Å². The van der Waals surface area contributed by atoms with Crippen molar-refractivity contribution in [3.63, 3.8) is 0 Å². The van der Waals surface area contributed by atoms with Gasteiger partial charge in [-0.25, -0.2) is 9.97 Å². The van der Waals surface area contributed by atoms with Crippen LogP contribution in [0.3, 0.4) is 0 Å². The van der Waals surface area contributed by atoms with Gasteiger partial charge in [-0.3, -0.25) is 14.6 Å². The van der Waals surface area contributed by atoms with Crippen molar-refractivity contribution in [3.05, 3.63) is 54.0 Å². The first-order valence-electron chi connectivity index (χ1n) is 11.4. The monoisotopic (exact) mass is 446 g/mol.